The van der Waals surface area contributed by atoms with Gasteiger partial charge in [-0.3, -0.25) is 0 Å². The Morgan fingerprint density at radius 3 is 2.47 bits per heavy atom. The topological polar surface area (TPSA) is 30.5 Å². The van der Waals surface area contributed by atoms with Crippen LogP contribution in [0.3, 0.4) is 0 Å². The van der Waals surface area contributed by atoms with Gasteiger partial charge in [-0.05, 0) is 44.4 Å². The van der Waals surface area contributed by atoms with E-state index in [1.807, 2.05) is 30.3 Å². The van der Waals surface area contributed by atoms with E-state index >= 15 is 0 Å². The summed E-state index contributed by atoms with van der Waals surface area (Å²) in [7, 11) is 0. The Morgan fingerprint density at radius 2 is 1.79 bits per heavy atom. The molecule has 1 aliphatic rings. The maximum Gasteiger partial charge on any atom is 0.119 e. The second-order valence-corrected chi connectivity index (χ2v) is 5.06. The molecule has 0 aromatic heterocycles. The zero-order chi connectivity index (χ0) is 13.3. The molecule has 1 aliphatic carbocycles. The summed E-state index contributed by atoms with van der Waals surface area (Å²) in [5, 5.41) is 3.51. The molecule has 3 heteroatoms. The highest BCUT2D eigenvalue weighted by Crippen LogP contribution is 2.21. The summed E-state index contributed by atoms with van der Waals surface area (Å²) in [4.78, 5) is 0. The van der Waals surface area contributed by atoms with Crippen molar-refractivity contribution in [1.82, 2.24) is 5.32 Å². The van der Waals surface area contributed by atoms with E-state index in [-0.39, 0.29) is 0 Å². The van der Waals surface area contributed by atoms with Crippen LogP contribution in [0.15, 0.2) is 30.3 Å². The number of nitrogens with one attached hydrogen (secondary N) is 1. The van der Waals surface area contributed by atoms with E-state index < -0.39 is 0 Å². The average molecular weight is 263 g/mol. The van der Waals surface area contributed by atoms with Gasteiger partial charge in [0.1, 0.15) is 12.4 Å². The summed E-state index contributed by atoms with van der Waals surface area (Å²) in [6.07, 6.45) is 5.23. The van der Waals surface area contributed by atoms with Gasteiger partial charge in [-0.25, -0.2) is 0 Å². The molecule has 0 amide bonds. The Bertz CT molecular complexity index is 334. The van der Waals surface area contributed by atoms with Gasteiger partial charge in [-0.1, -0.05) is 25.1 Å². The van der Waals surface area contributed by atoms with Gasteiger partial charge in [-0.15, -0.1) is 0 Å². The highest BCUT2D eigenvalue weighted by atomic mass is 16.5. The van der Waals surface area contributed by atoms with Crippen molar-refractivity contribution in [3.05, 3.63) is 30.3 Å². The van der Waals surface area contributed by atoms with Crippen molar-refractivity contribution in [1.29, 1.82) is 0 Å². The van der Waals surface area contributed by atoms with Crippen molar-refractivity contribution in [3.63, 3.8) is 0 Å². The van der Waals surface area contributed by atoms with E-state index in [1.54, 1.807) is 0 Å². The summed E-state index contributed by atoms with van der Waals surface area (Å²) in [5.41, 5.74) is 0. The average Bonchev–Trinajstić information content (AvgIpc) is 2.47. The maximum atomic E-state index is 5.88. The molecular formula is C16H25NO2. The molecule has 1 N–H and O–H groups in total. The lowest BCUT2D eigenvalue weighted by Gasteiger charge is -2.28. The summed E-state index contributed by atoms with van der Waals surface area (Å²) in [5.74, 6) is 0.918. The first-order valence-electron chi connectivity index (χ1n) is 7.41. The summed E-state index contributed by atoms with van der Waals surface area (Å²) < 4.78 is 11.5. The van der Waals surface area contributed by atoms with Crippen molar-refractivity contribution in [2.45, 2.75) is 44.8 Å². The number of hydrogen-bond acceptors (Lipinski definition) is 3. The van der Waals surface area contributed by atoms with Crippen molar-refractivity contribution in [3.8, 4) is 5.75 Å². The van der Waals surface area contributed by atoms with Crippen molar-refractivity contribution in [2.24, 2.45) is 0 Å². The van der Waals surface area contributed by atoms with E-state index in [2.05, 4.69) is 12.2 Å². The third kappa shape index (κ3) is 5.21. The second kappa shape index (κ2) is 8.18. The second-order valence-electron chi connectivity index (χ2n) is 5.06. The first kappa shape index (κ1) is 14.4. The van der Waals surface area contributed by atoms with Crippen LogP contribution >= 0.6 is 0 Å². The minimum Gasteiger partial charge on any atom is -0.491 e. The first-order valence-corrected chi connectivity index (χ1v) is 7.41. The number of ether oxygens (including phenoxy) is 2. The Balaban J connectivity index is 1.55. The first-order chi connectivity index (χ1) is 9.38. The van der Waals surface area contributed by atoms with Crippen LogP contribution in [0.1, 0.15) is 32.6 Å². The van der Waals surface area contributed by atoms with Crippen LogP contribution in [0.2, 0.25) is 0 Å². The Morgan fingerprint density at radius 1 is 1.05 bits per heavy atom. The smallest absolute Gasteiger partial charge is 0.119 e. The monoisotopic (exact) mass is 263 g/mol. The van der Waals surface area contributed by atoms with Crippen LogP contribution in [-0.2, 0) is 4.74 Å². The molecule has 0 atom stereocenters. The lowest BCUT2D eigenvalue weighted by molar-refractivity contribution is 0.00812. The predicted molar refractivity (Wildman–Crippen MR) is 77.6 cm³/mol. The third-order valence-corrected chi connectivity index (χ3v) is 3.62. The van der Waals surface area contributed by atoms with Crippen LogP contribution in [0, 0.1) is 0 Å². The zero-order valence-electron chi connectivity index (χ0n) is 11.8. The van der Waals surface area contributed by atoms with Crippen molar-refractivity contribution < 1.29 is 9.47 Å². The molecule has 1 saturated carbocycles. The molecule has 106 valence electrons. The molecule has 0 unspecified atom stereocenters. The van der Waals surface area contributed by atoms with Gasteiger partial charge in [0.15, 0.2) is 0 Å². The van der Waals surface area contributed by atoms with Gasteiger partial charge in [-0.2, -0.15) is 0 Å². The maximum absolute atomic E-state index is 5.88. The van der Waals surface area contributed by atoms with E-state index in [1.165, 1.54) is 25.7 Å². The molecule has 0 bridgehead atoms. The highest BCUT2D eigenvalue weighted by Gasteiger charge is 2.20. The van der Waals surface area contributed by atoms with Gasteiger partial charge >= 0.3 is 0 Å². The molecular weight excluding hydrogens is 238 g/mol. The number of hydrogen-bond donors (Lipinski definition) is 1. The van der Waals surface area contributed by atoms with E-state index in [0.717, 1.165) is 12.3 Å². The van der Waals surface area contributed by atoms with Gasteiger partial charge in [0.2, 0.25) is 0 Å². The fourth-order valence-electron chi connectivity index (χ4n) is 2.61. The number of rotatable bonds is 7. The van der Waals surface area contributed by atoms with Crippen LogP contribution in [0.5, 0.6) is 5.75 Å². The van der Waals surface area contributed by atoms with E-state index in [0.29, 0.717) is 25.4 Å². The Labute approximate surface area is 116 Å². The lowest BCUT2D eigenvalue weighted by Crippen LogP contribution is -2.35. The Kier molecular flexibility index (Phi) is 6.18. The SMILES string of the molecule is CCNC1CCC(OCCOc2ccccc2)CC1. The Hall–Kier alpha value is -1.06. The zero-order valence-corrected chi connectivity index (χ0v) is 11.8. The largest absolute Gasteiger partial charge is 0.491 e. The molecule has 1 aromatic rings. The highest BCUT2D eigenvalue weighted by molar-refractivity contribution is 5.20. The van der Waals surface area contributed by atoms with Crippen LogP contribution in [0.4, 0.5) is 0 Å². The number of para-hydroxylation sites is 1. The molecule has 0 aliphatic heterocycles. The lowest BCUT2D eigenvalue weighted by atomic mass is 9.93. The van der Waals surface area contributed by atoms with E-state index in [9.17, 15) is 0 Å². The predicted octanol–water partition coefficient (Wildman–Crippen LogP) is 3.00. The van der Waals surface area contributed by atoms with Crippen LogP contribution in [-0.4, -0.2) is 31.9 Å². The van der Waals surface area contributed by atoms with Gasteiger partial charge in [0, 0.05) is 6.04 Å². The van der Waals surface area contributed by atoms with Crippen LogP contribution < -0.4 is 10.1 Å². The standard InChI is InChI=1S/C16H25NO2/c1-2-17-14-8-10-16(11-9-14)19-13-12-18-15-6-4-3-5-7-15/h3-7,14,16-17H,2,8-13H2,1H3. The number of benzene rings is 1. The molecule has 1 fully saturated rings. The van der Waals surface area contributed by atoms with Gasteiger partial charge in [0.05, 0.1) is 12.7 Å². The molecule has 19 heavy (non-hydrogen) atoms. The van der Waals surface area contributed by atoms with Crippen LogP contribution in [0.25, 0.3) is 0 Å². The molecule has 0 spiro atoms. The quantitative estimate of drug-likeness (QED) is 0.767. The fraction of sp³-hybridized carbons (Fsp3) is 0.625. The summed E-state index contributed by atoms with van der Waals surface area (Å²) in [6, 6.07) is 10.6. The van der Waals surface area contributed by atoms with E-state index in [4.69, 9.17) is 9.47 Å². The summed E-state index contributed by atoms with van der Waals surface area (Å²) in [6.45, 7) is 4.56. The molecule has 2 rings (SSSR count). The molecule has 0 saturated heterocycles. The molecule has 3 nitrogen and oxygen atoms in total. The summed E-state index contributed by atoms with van der Waals surface area (Å²) >= 11 is 0. The minimum atomic E-state index is 0.425. The van der Waals surface area contributed by atoms with Crippen molar-refractivity contribution >= 4 is 0 Å². The third-order valence-electron chi connectivity index (χ3n) is 3.62. The fourth-order valence-corrected chi connectivity index (χ4v) is 2.61. The molecule has 0 heterocycles. The van der Waals surface area contributed by atoms with Gasteiger partial charge in [0.25, 0.3) is 0 Å². The molecule has 0 radical (unpaired) electrons. The van der Waals surface area contributed by atoms with Gasteiger partial charge < -0.3 is 14.8 Å². The van der Waals surface area contributed by atoms with Crippen molar-refractivity contribution in [2.75, 3.05) is 19.8 Å². The molecule has 1 aromatic carbocycles. The minimum absolute atomic E-state index is 0.425. The normalized spacial score (nSPS) is 23.2.